The van der Waals surface area contributed by atoms with Crippen molar-refractivity contribution in [2.45, 2.75) is 12.5 Å². The Balaban J connectivity index is 2.85. The number of aliphatic carboxylic acids is 1. The summed E-state index contributed by atoms with van der Waals surface area (Å²) in [6.45, 7) is 0.696. The fourth-order valence-corrected chi connectivity index (χ4v) is 1.12. The monoisotopic (exact) mass is 251 g/mol. The van der Waals surface area contributed by atoms with Crippen LogP contribution in [0.4, 0.5) is 0 Å². The molecule has 0 bridgehead atoms. The predicted molar refractivity (Wildman–Crippen MR) is 61.5 cm³/mol. The number of hydrogen-bond donors (Lipinski definition) is 2. The number of rotatable bonds is 5. The van der Waals surface area contributed by atoms with Crippen molar-refractivity contribution in [1.29, 1.82) is 5.26 Å². The zero-order valence-electron chi connectivity index (χ0n) is 10.0. The van der Waals surface area contributed by atoms with Gasteiger partial charge in [0.15, 0.2) is 5.60 Å². The molecule has 0 aliphatic heterocycles. The number of carboxylic acid groups (broad SMARTS) is 1. The summed E-state index contributed by atoms with van der Waals surface area (Å²) < 4.78 is 10.1. The van der Waals surface area contributed by atoms with Crippen LogP contribution in [0.25, 0.3) is 0 Å². The molecule has 6 heteroatoms. The molecule has 0 amide bonds. The van der Waals surface area contributed by atoms with Crippen LogP contribution < -0.4 is 9.47 Å². The summed E-state index contributed by atoms with van der Waals surface area (Å²) in [6.07, 6.45) is 0. The van der Waals surface area contributed by atoms with E-state index in [0.717, 1.165) is 6.92 Å². The third-order valence-corrected chi connectivity index (χ3v) is 2.23. The van der Waals surface area contributed by atoms with E-state index in [2.05, 4.69) is 0 Å². The quantitative estimate of drug-likeness (QED) is 0.802. The van der Waals surface area contributed by atoms with Crippen molar-refractivity contribution >= 4 is 5.97 Å². The lowest BCUT2D eigenvalue weighted by molar-refractivity contribution is -0.159. The Bertz CT molecular complexity index is 490. The smallest absolute Gasteiger partial charge is 0.339 e. The fourth-order valence-electron chi connectivity index (χ4n) is 1.12. The number of carboxylic acids is 1. The van der Waals surface area contributed by atoms with Crippen molar-refractivity contribution in [2.24, 2.45) is 0 Å². The second-order valence-electron chi connectivity index (χ2n) is 3.88. The second kappa shape index (κ2) is 5.38. The molecule has 1 rings (SSSR count). The van der Waals surface area contributed by atoms with Crippen LogP contribution >= 0.6 is 0 Å². The van der Waals surface area contributed by atoms with E-state index < -0.39 is 18.2 Å². The molecule has 6 nitrogen and oxygen atoms in total. The van der Waals surface area contributed by atoms with Gasteiger partial charge in [0.1, 0.15) is 18.1 Å². The van der Waals surface area contributed by atoms with E-state index in [9.17, 15) is 9.90 Å². The van der Waals surface area contributed by atoms with Crippen molar-refractivity contribution in [3.8, 4) is 17.6 Å². The molecule has 0 heterocycles. The molecule has 2 N–H and O–H groups in total. The summed E-state index contributed by atoms with van der Waals surface area (Å²) >= 11 is 0. The van der Waals surface area contributed by atoms with Gasteiger partial charge in [-0.15, -0.1) is 0 Å². The highest BCUT2D eigenvalue weighted by molar-refractivity contribution is 5.76. The third-order valence-electron chi connectivity index (χ3n) is 2.23. The predicted octanol–water partition coefficient (Wildman–Crippen LogP) is 0.781. The van der Waals surface area contributed by atoms with Gasteiger partial charge in [-0.3, -0.25) is 0 Å². The number of ether oxygens (including phenoxy) is 2. The van der Waals surface area contributed by atoms with E-state index in [-0.39, 0.29) is 5.75 Å². The van der Waals surface area contributed by atoms with Crippen molar-refractivity contribution in [3.05, 3.63) is 23.8 Å². The number of carbonyl (C=O) groups is 1. The van der Waals surface area contributed by atoms with Gasteiger partial charge in [-0.1, -0.05) is 0 Å². The summed E-state index contributed by atoms with van der Waals surface area (Å²) in [7, 11) is 1.44. The van der Waals surface area contributed by atoms with Crippen LogP contribution in [0.1, 0.15) is 12.5 Å². The number of hydrogen-bond acceptors (Lipinski definition) is 5. The molecule has 0 fully saturated rings. The first-order valence-corrected chi connectivity index (χ1v) is 5.07. The molecule has 0 aromatic heterocycles. The van der Waals surface area contributed by atoms with E-state index in [0.29, 0.717) is 11.3 Å². The number of aliphatic hydroxyl groups is 1. The molecule has 1 unspecified atom stereocenters. The molecule has 96 valence electrons. The molecule has 0 saturated heterocycles. The topological polar surface area (TPSA) is 99.8 Å². The summed E-state index contributed by atoms with van der Waals surface area (Å²) in [6, 6.07) is 6.37. The van der Waals surface area contributed by atoms with Crippen molar-refractivity contribution in [3.63, 3.8) is 0 Å². The highest BCUT2D eigenvalue weighted by Crippen LogP contribution is 2.23. The van der Waals surface area contributed by atoms with Gasteiger partial charge < -0.3 is 19.7 Å². The summed E-state index contributed by atoms with van der Waals surface area (Å²) in [4.78, 5) is 10.7. The van der Waals surface area contributed by atoms with Crippen LogP contribution in [0.5, 0.6) is 11.5 Å². The first-order valence-electron chi connectivity index (χ1n) is 5.07. The van der Waals surface area contributed by atoms with Crippen molar-refractivity contribution in [2.75, 3.05) is 13.7 Å². The van der Waals surface area contributed by atoms with Gasteiger partial charge in [-0.25, -0.2) is 4.79 Å². The molecule has 0 aliphatic rings. The number of nitriles is 1. The largest absolute Gasteiger partial charge is 0.497 e. The van der Waals surface area contributed by atoms with Crippen LogP contribution in [0, 0.1) is 11.3 Å². The first kappa shape index (κ1) is 13.8. The lowest BCUT2D eigenvalue weighted by atomic mass is 10.1. The maximum absolute atomic E-state index is 10.7. The fraction of sp³-hybridized carbons (Fsp3) is 0.333. The van der Waals surface area contributed by atoms with E-state index in [1.807, 2.05) is 6.07 Å². The summed E-state index contributed by atoms with van der Waals surface area (Å²) in [5.74, 6) is -0.711. The zero-order chi connectivity index (χ0) is 13.8. The van der Waals surface area contributed by atoms with Gasteiger partial charge in [0.25, 0.3) is 0 Å². The highest BCUT2D eigenvalue weighted by Gasteiger charge is 2.31. The molecular weight excluding hydrogens is 238 g/mol. The first-order chi connectivity index (χ1) is 8.39. The Morgan fingerprint density at radius 1 is 1.44 bits per heavy atom. The molecule has 18 heavy (non-hydrogen) atoms. The minimum atomic E-state index is -1.99. The second-order valence-corrected chi connectivity index (χ2v) is 3.88. The Labute approximate surface area is 104 Å². The van der Waals surface area contributed by atoms with E-state index in [1.165, 1.54) is 25.3 Å². The molecule has 0 saturated carbocycles. The van der Waals surface area contributed by atoms with Gasteiger partial charge in [0.2, 0.25) is 0 Å². The average Bonchev–Trinajstić information content (AvgIpc) is 2.35. The average molecular weight is 251 g/mol. The Kier molecular flexibility index (Phi) is 4.13. The summed E-state index contributed by atoms with van der Waals surface area (Å²) in [5.41, 5.74) is -1.67. The summed E-state index contributed by atoms with van der Waals surface area (Å²) in [5, 5.41) is 27.0. The minimum Gasteiger partial charge on any atom is -0.497 e. The van der Waals surface area contributed by atoms with E-state index in [1.54, 1.807) is 0 Å². The number of benzene rings is 1. The Hall–Kier alpha value is -2.26. The molecular formula is C12H13NO5. The van der Waals surface area contributed by atoms with Crippen LogP contribution in [-0.4, -0.2) is 35.5 Å². The highest BCUT2D eigenvalue weighted by atomic mass is 16.5. The van der Waals surface area contributed by atoms with Gasteiger partial charge in [0.05, 0.1) is 18.7 Å². The van der Waals surface area contributed by atoms with E-state index >= 15 is 0 Å². The Morgan fingerprint density at radius 2 is 2.06 bits per heavy atom. The molecule has 1 atom stereocenters. The van der Waals surface area contributed by atoms with Crippen LogP contribution in [0.2, 0.25) is 0 Å². The number of nitrogens with zero attached hydrogens (tertiary/aromatic N) is 1. The van der Waals surface area contributed by atoms with Gasteiger partial charge in [-0.2, -0.15) is 5.26 Å². The van der Waals surface area contributed by atoms with Gasteiger partial charge in [-0.05, 0) is 19.1 Å². The van der Waals surface area contributed by atoms with Gasteiger partial charge in [0, 0.05) is 6.07 Å². The van der Waals surface area contributed by atoms with E-state index in [4.69, 9.17) is 19.8 Å². The molecule has 0 spiro atoms. The van der Waals surface area contributed by atoms with Crippen molar-refractivity contribution in [1.82, 2.24) is 0 Å². The molecule has 0 aliphatic carbocycles. The van der Waals surface area contributed by atoms with Gasteiger partial charge >= 0.3 is 5.97 Å². The van der Waals surface area contributed by atoms with Crippen LogP contribution in [-0.2, 0) is 4.79 Å². The standard InChI is InChI=1S/C12H13NO5/c1-12(16,11(14)15)7-18-10-4-8(6-13)3-9(5-10)17-2/h3-5,16H,7H2,1-2H3,(H,14,15). The molecule has 1 aromatic rings. The lowest BCUT2D eigenvalue weighted by Crippen LogP contribution is -2.41. The molecule has 0 radical (unpaired) electrons. The normalized spacial score (nSPS) is 13.2. The zero-order valence-corrected chi connectivity index (χ0v) is 10.0. The SMILES string of the molecule is COc1cc(C#N)cc(OCC(C)(O)C(=O)O)c1. The third kappa shape index (κ3) is 3.37. The maximum atomic E-state index is 10.7. The Morgan fingerprint density at radius 3 is 2.56 bits per heavy atom. The minimum absolute atomic E-state index is 0.257. The maximum Gasteiger partial charge on any atom is 0.339 e. The van der Waals surface area contributed by atoms with Crippen molar-refractivity contribution < 1.29 is 24.5 Å². The molecule has 1 aromatic carbocycles. The van der Waals surface area contributed by atoms with Crippen LogP contribution in [0.15, 0.2) is 18.2 Å². The lowest BCUT2D eigenvalue weighted by Gasteiger charge is -2.18. The number of methoxy groups -OCH3 is 1. The van der Waals surface area contributed by atoms with Crippen LogP contribution in [0.3, 0.4) is 0 Å².